The minimum absolute atomic E-state index is 0.129. The number of rotatable bonds is 5. The lowest BCUT2D eigenvalue weighted by Gasteiger charge is -2.14. The number of nitrogens with one attached hydrogen (secondary N) is 2. The van der Waals surface area contributed by atoms with E-state index in [1.165, 1.54) is 6.92 Å². The van der Waals surface area contributed by atoms with Gasteiger partial charge in [0.1, 0.15) is 18.1 Å². The molecule has 112 valence electrons. The van der Waals surface area contributed by atoms with Crippen LogP contribution in [0.2, 0.25) is 0 Å². The highest BCUT2D eigenvalue weighted by atomic mass is 16.6. The van der Waals surface area contributed by atoms with Crippen LogP contribution in [0.3, 0.4) is 0 Å². The number of carbonyl (C=O) groups is 2. The van der Waals surface area contributed by atoms with Crippen molar-refractivity contribution in [2.75, 3.05) is 5.73 Å². The molecule has 21 heavy (non-hydrogen) atoms. The summed E-state index contributed by atoms with van der Waals surface area (Å²) in [5.74, 6) is -1.11. The number of nitrogens with two attached hydrogens (primary N) is 1. The molecule has 2 rings (SSSR count). The number of anilines is 1. The third-order valence-corrected chi connectivity index (χ3v) is 3.02. The first-order valence-electron chi connectivity index (χ1n) is 6.39. The molecule has 2 amide bonds. The summed E-state index contributed by atoms with van der Waals surface area (Å²) in [6, 6.07) is 0.446. The minimum Gasteiger partial charge on any atom is -0.383 e. The van der Waals surface area contributed by atoms with E-state index < -0.39 is 16.9 Å². The van der Waals surface area contributed by atoms with Crippen LogP contribution >= 0.6 is 0 Å². The van der Waals surface area contributed by atoms with Crippen molar-refractivity contribution in [3.63, 3.8) is 0 Å². The van der Waals surface area contributed by atoms with E-state index in [-0.39, 0.29) is 29.0 Å². The molecule has 9 heteroatoms. The number of hydrogen-bond acceptors (Lipinski definition) is 6. The lowest BCUT2D eigenvalue weighted by Crippen LogP contribution is -2.45. The fraction of sp³-hybridized carbons (Fsp3) is 0.417. The number of nitrogen functional groups attached to an aromatic ring is 1. The van der Waals surface area contributed by atoms with E-state index in [0.29, 0.717) is 0 Å². The van der Waals surface area contributed by atoms with Crippen molar-refractivity contribution in [2.45, 2.75) is 31.8 Å². The number of aromatic nitrogens is 1. The summed E-state index contributed by atoms with van der Waals surface area (Å²) in [6.07, 6.45) is 2.84. The Morgan fingerprint density at radius 1 is 1.52 bits per heavy atom. The summed E-state index contributed by atoms with van der Waals surface area (Å²) in [5.41, 5.74) is 5.07. The molecule has 1 heterocycles. The van der Waals surface area contributed by atoms with E-state index in [9.17, 15) is 19.7 Å². The normalized spacial score (nSPS) is 15.1. The van der Waals surface area contributed by atoms with Gasteiger partial charge in [-0.3, -0.25) is 19.7 Å². The van der Waals surface area contributed by atoms with E-state index in [1.54, 1.807) is 0 Å². The van der Waals surface area contributed by atoms with Gasteiger partial charge in [-0.1, -0.05) is 0 Å². The Morgan fingerprint density at radius 3 is 2.76 bits per heavy atom. The predicted octanol–water partition coefficient (Wildman–Crippen LogP) is -0.0311. The Kier molecular flexibility index (Phi) is 4.01. The van der Waals surface area contributed by atoms with Gasteiger partial charge in [0.2, 0.25) is 5.91 Å². The van der Waals surface area contributed by atoms with Crippen LogP contribution in [0.25, 0.3) is 0 Å². The maximum Gasteiger partial charge on any atom is 0.288 e. The summed E-state index contributed by atoms with van der Waals surface area (Å²) < 4.78 is 0. The molecule has 9 nitrogen and oxygen atoms in total. The van der Waals surface area contributed by atoms with Gasteiger partial charge in [0.15, 0.2) is 0 Å². The topological polar surface area (TPSA) is 140 Å². The molecule has 1 aromatic rings. The number of pyridine rings is 1. The first-order chi connectivity index (χ1) is 9.88. The van der Waals surface area contributed by atoms with Crippen LogP contribution in [0, 0.1) is 10.1 Å². The Morgan fingerprint density at radius 2 is 2.19 bits per heavy atom. The zero-order valence-corrected chi connectivity index (χ0v) is 11.3. The van der Waals surface area contributed by atoms with Gasteiger partial charge in [-0.2, -0.15) is 0 Å². The molecular formula is C12H15N5O4. The first kappa shape index (κ1) is 14.7. The van der Waals surface area contributed by atoms with Crippen molar-refractivity contribution in [1.82, 2.24) is 15.6 Å². The van der Waals surface area contributed by atoms with Gasteiger partial charge < -0.3 is 16.4 Å². The fourth-order valence-electron chi connectivity index (χ4n) is 1.64. The molecule has 0 saturated heterocycles. The molecule has 1 aliphatic carbocycles. The number of nitro groups is 1. The lowest BCUT2D eigenvalue weighted by molar-refractivity contribution is -0.385. The number of carbonyl (C=O) groups excluding carboxylic acids is 2. The molecule has 0 spiro atoms. The maximum atomic E-state index is 12.0. The molecule has 0 radical (unpaired) electrons. The maximum absolute atomic E-state index is 12.0. The average molecular weight is 293 g/mol. The molecule has 1 aromatic heterocycles. The monoisotopic (exact) mass is 293 g/mol. The van der Waals surface area contributed by atoms with Gasteiger partial charge in [-0.25, -0.2) is 4.98 Å². The van der Waals surface area contributed by atoms with Crippen LogP contribution in [0.1, 0.15) is 30.1 Å². The zero-order valence-electron chi connectivity index (χ0n) is 11.3. The summed E-state index contributed by atoms with van der Waals surface area (Å²) in [7, 11) is 0. The van der Waals surface area contributed by atoms with E-state index >= 15 is 0 Å². The predicted molar refractivity (Wildman–Crippen MR) is 73.4 cm³/mol. The SMILES string of the molecule is CC(NC(=O)c1cc([N+](=O)[O-])cnc1N)C(=O)NC1CC1. The van der Waals surface area contributed by atoms with Crippen molar-refractivity contribution in [3.05, 3.63) is 27.9 Å². The van der Waals surface area contributed by atoms with Gasteiger partial charge >= 0.3 is 0 Å². The summed E-state index contributed by atoms with van der Waals surface area (Å²) >= 11 is 0. The fourth-order valence-corrected chi connectivity index (χ4v) is 1.64. The molecule has 1 saturated carbocycles. The van der Waals surface area contributed by atoms with Crippen molar-refractivity contribution in [1.29, 1.82) is 0 Å². The largest absolute Gasteiger partial charge is 0.383 e. The highest BCUT2D eigenvalue weighted by Crippen LogP contribution is 2.19. The second kappa shape index (κ2) is 5.73. The van der Waals surface area contributed by atoms with E-state index in [1.807, 2.05) is 0 Å². The smallest absolute Gasteiger partial charge is 0.288 e. The van der Waals surface area contributed by atoms with Crippen molar-refractivity contribution in [2.24, 2.45) is 0 Å². The molecular weight excluding hydrogens is 278 g/mol. The Bertz CT molecular complexity index is 599. The molecule has 1 unspecified atom stereocenters. The highest BCUT2D eigenvalue weighted by molar-refractivity contribution is 6.01. The van der Waals surface area contributed by atoms with Crippen molar-refractivity contribution in [3.8, 4) is 0 Å². The van der Waals surface area contributed by atoms with E-state index in [2.05, 4.69) is 15.6 Å². The standard InChI is InChI=1S/C12H15N5O4/c1-6(11(18)16-7-2-3-7)15-12(19)9-4-8(17(20)21)5-14-10(9)13/h4-7H,2-3H2,1H3,(H2,13,14)(H,15,19)(H,16,18). The van der Waals surface area contributed by atoms with Crippen LogP contribution in [0.4, 0.5) is 11.5 Å². The van der Waals surface area contributed by atoms with Crippen molar-refractivity contribution < 1.29 is 14.5 Å². The Labute approximate surface area is 120 Å². The van der Waals surface area contributed by atoms with Gasteiger partial charge in [0, 0.05) is 12.1 Å². The molecule has 0 bridgehead atoms. The lowest BCUT2D eigenvalue weighted by atomic mass is 10.2. The van der Waals surface area contributed by atoms with Gasteiger partial charge in [-0.05, 0) is 19.8 Å². The minimum atomic E-state index is -0.767. The van der Waals surface area contributed by atoms with Crippen LogP contribution in [0.15, 0.2) is 12.3 Å². The number of hydrogen-bond donors (Lipinski definition) is 3. The molecule has 1 atom stereocenters. The van der Waals surface area contributed by atoms with Crippen LogP contribution < -0.4 is 16.4 Å². The molecule has 1 fully saturated rings. The van der Waals surface area contributed by atoms with Crippen LogP contribution in [-0.4, -0.2) is 33.8 Å². The van der Waals surface area contributed by atoms with Gasteiger partial charge in [0.25, 0.3) is 11.6 Å². The van der Waals surface area contributed by atoms with Gasteiger partial charge in [0.05, 0.1) is 10.5 Å². The number of amides is 2. The van der Waals surface area contributed by atoms with Crippen LogP contribution in [0.5, 0.6) is 0 Å². The average Bonchev–Trinajstić information content (AvgIpc) is 3.22. The quantitative estimate of drug-likeness (QED) is 0.514. The van der Waals surface area contributed by atoms with E-state index in [0.717, 1.165) is 25.1 Å². The second-order valence-electron chi connectivity index (χ2n) is 4.86. The molecule has 1 aliphatic rings. The molecule has 0 aliphatic heterocycles. The third-order valence-electron chi connectivity index (χ3n) is 3.02. The van der Waals surface area contributed by atoms with E-state index in [4.69, 9.17) is 5.73 Å². The number of nitrogens with zero attached hydrogens (tertiary/aromatic N) is 2. The highest BCUT2D eigenvalue weighted by Gasteiger charge is 2.27. The Hall–Kier alpha value is -2.71. The third kappa shape index (κ3) is 3.65. The second-order valence-corrected chi connectivity index (χ2v) is 4.86. The molecule has 0 aromatic carbocycles. The summed E-state index contributed by atoms with van der Waals surface area (Å²) in [4.78, 5) is 37.4. The zero-order chi connectivity index (χ0) is 15.6. The Balaban J connectivity index is 2.06. The van der Waals surface area contributed by atoms with Crippen LogP contribution in [-0.2, 0) is 4.79 Å². The first-order valence-corrected chi connectivity index (χ1v) is 6.39. The van der Waals surface area contributed by atoms with Gasteiger partial charge in [-0.15, -0.1) is 0 Å². The van der Waals surface area contributed by atoms with Crippen molar-refractivity contribution >= 4 is 23.3 Å². The molecule has 4 N–H and O–H groups in total. The summed E-state index contributed by atoms with van der Waals surface area (Å²) in [5, 5.41) is 15.9. The summed E-state index contributed by atoms with van der Waals surface area (Å²) in [6.45, 7) is 1.52.